The minimum absolute atomic E-state index is 0.0720. The zero-order valence-corrected chi connectivity index (χ0v) is 15.4. The Morgan fingerprint density at radius 1 is 0.920 bits per heavy atom. The highest BCUT2D eigenvalue weighted by Gasteiger charge is 2.13. The molecule has 25 heavy (non-hydrogen) atoms. The summed E-state index contributed by atoms with van der Waals surface area (Å²) >= 11 is 0. The molecule has 1 amide bonds. The van der Waals surface area contributed by atoms with Crippen LogP contribution in [0.5, 0.6) is 0 Å². The molecule has 0 N–H and O–H groups in total. The molecular formula is C22H28N2O. The van der Waals surface area contributed by atoms with Crippen LogP contribution in [0.15, 0.2) is 48.5 Å². The van der Waals surface area contributed by atoms with Crippen LogP contribution < -0.4 is 4.90 Å². The second-order valence-corrected chi connectivity index (χ2v) is 6.93. The molecule has 0 radical (unpaired) electrons. The first kappa shape index (κ1) is 17.5. The van der Waals surface area contributed by atoms with E-state index in [2.05, 4.69) is 36.1 Å². The highest BCUT2D eigenvalue weighted by molar-refractivity contribution is 5.94. The molecule has 0 saturated carbocycles. The maximum absolute atomic E-state index is 12.6. The molecule has 0 aliphatic carbocycles. The smallest absolute Gasteiger partial charge is 0.253 e. The van der Waals surface area contributed by atoms with Gasteiger partial charge in [-0.15, -0.1) is 0 Å². The summed E-state index contributed by atoms with van der Waals surface area (Å²) in [6.07, 6.45) is 4.92. The van der Waals surface area contributed by atoms with Crippen LogP contribution in [0.2, 0.25) is 0 Å². The third-order valence-corrected chi connectivity index (χ3v) is 5.03. The van der Waals surface area contributed by atoms with Gasteiger partial charge in [0.1, 0.15) is 0 Å². The normalized spacial score (nSPS) is 14.4. The van der Waals surface area contributed by atoms with Crippen molar-refractivity contribution in [2.45, 2.75) is 39.2 Å². The number of amides is 1. The Hall–Kier alpha value is -2.29. The maximum Gasteiger partial charge on any atom is 0.253 e. The van der Waals surface area contributed by atoms with Crippen molar-refractivity contribution in [3.8, 4) is 0 Å². The van der Waals surface area contributed by atoms with Gasteiger partial charge in [0.15, 0.2) is 0 Å². The molecule has 0 unspecified atom stereocenters. The minimum atomic E-state index is 0.0720. The minimum Gasteiger partial charge on any atom is -0.372 e. The highest BCUT2D eigenvalue weighted by Crippen LogP contribution is 2.21. The number of hydrogen-bond acceptors (Lipinski definition) is 2. The van der Waals surface area contributed by atoms with E-state index in [-0.39, 0.29) is 5.91 Å². The van der Waals surface area contributed by atoms with Crippen molar-refractivity contribution in [2.75, 3.05) is 25.0 Å². The highest BCUT2D eigenvalue weighted by atomic mass is 16.2. The van der Waals surface area contributed by atoms with Crippen LogP contribution in [-0.4, -0.2) is 30.9 Å². The number of rotatable bonds is 5. The Bertz CT molecular complexity index is 685. The second kappa shape index (κ2) is 8.19. The van der Waals surface area contributed by atoms with Crippen LogP contribution in [0, 0.1) is 0 Å². The van der Waals surface area contributed by atoms with Crippen molar-refractivity contribution in [1.29, 1.82) is 0 Å². The number of nitrogens with zero attached hydrogens (tertiary/aromatic N) is 2. The number of carbonyl (C=O) groups is 1. The maximum atomic E-state index is 12.6. The molecule has 132 valence electrons. The summed E-state index contributed by atoms with van der Waals surface area (Å²) in [6, 6.07) is 16.6. The SMILES string of the molecule is CCc1ccc(C(=O)N(C)Cc2ccc(N3CCCCC3)cc2)cc1. The van der Waals surface area contributed by atoms with E-state index in [0.717, 1.165) is 25.1 Å². The van der Waals surface area contributed by atoms with Gasteiger partial charge in [0, 0.05) is 37.9 Å². The van der Waals surface area contributed by atoms with Crippen LogP contribution >= 0.6 is 0 Å². The fourth-order valence-corrected chi connectivity index (χ4v) is 3.41. The van der Waals surface area contributed by atoms with Gasteiger partial charge in [-0.05, 0) is 61.1 Å². The van der Waals surface area contributed by atoms with E-state index < -0.39 is 0 Å². The Kier molecular flexibility index (Phi) is 5.75. The Morgan fingerprint density at radius 2 is 1.52 bits per heavy atom. The average Bonchev–Trinajstić information content (AvgIpc) is 2.68. The summed E-state index contributed by atoms with van der Waals surface area (Å²) in [4.78, 5) is 16.8. The van der Waals surface area contributed by atoms with Gasteiger partial charge in [0.05, 0.1) is 0 Å². The van der Waals surface area contributed by atoms with Gasteiger partial charge < -0.3 is 9.80 Å². The Balaban J connectivity index is 1.61. The Labute approximate surface area is 151 Å². The molecule has 0 aromatic heterocycles. The van der Waals surface area contributed by atoms with Crippen molar-refractivity contribution in [2.24, 2.45) is 0 Å². The van der Waals surface area contributed by atoms with E-state index in [1.165, 1.54) is 36.1 Å². The summed E-state index contributed by atoms with van der Waals surface area (Å²) < 4.78 is 0. The summed E-state index contributed by atoms with van der Waals surface area (Å²) in [5.41, 5.74) is 4.48. The topological polar surface area (TPSA) is 23.6 Å². The molecule has 2 aromatic carbocycles. The zero-order chi connectivity index (χ0) is 17.6. The molecule has 3 rings (SSSR count). The predicted molar refractivity (Wildman–Crippen MR) is 104 cm³/mol. The van der Waals surface area contributed by atoms with Gasteiger partial charge in [-0.3, -0.25) is 4.79 Å². The molecule has 0 spiro atoms. The van der Waals surface area contributed by atoms with Gasteiger partial charge in [0.25, 0.3) is 5.91 Å². The van der Waals surface area contributed by atoms with Crippen molar-refractivity contribution < 1.29 is 4.79 Å². The van der Waals surface area contributed by atoms with Crippen molar-refractivity contribution in [3.05, 3.63) is 65.2 Å². The van der Waals surface area contributed by atoms with Crippen molar-refractivity contribution >= 4 is 11.6 Å². The molecule has 0 bridgehead atoms. The summed E-state index contributed by atoms with van der Waals surface area (Å²) in [6.45, 7) is 5.07. The first-order valence-electron chi connectivity index (χ1n) is 9.35. The summed E-state index contributed by atoms with van der Waals surface area (Å²) in [7, 11) is 1.87. The van der Waals surface area contributed by atoms with E-state index in [0.29, 0.717) is 6.54 Å². The van der Waals surface area contributed by atoms with E-state index in [4.69, 9.17) is 0 Å². The van der Waals surface area contributed by atoms with E-state index >= 15 is 0 Å². The number of anilines is 1. The third kappa shape index (κ3) is 4.41. The first-order valence-corrected chi connectivity index (χ1v) is 9.35. The second-order valence-electron chi connectivity index (χ2n) is 6.93. The largest absolute Gasteiger partial charge is 0.372 e. The molecule has 1 aliphatic rings. The molecule has 3 nitrogen and oxygen atoms in total. The van der Waals surface area contributed by atoms with Crippen LogP contribution in [0.3, 0.4) is 0 Å². The number of benzene rings is 2. The fourth-order valence-electron chi connectivity index (χ4n) is 3.41. The lowest BCUT2D eigenvalue weighted by Gasteiger charge is -2.29. The number of piperidine rings is 1. The lowest BCUT2D eigenvalue weighted by molar-refractivity contribution is 0.0785. The molecule has 1 aliphatic heterocycles. The lowest BCUT2D eigenvalue weighted by atomic mass is 10.1. The van der Waals surface area contributed by atoms with Crippen LogP contribution in [0.25, 0.3) is 0 Å². The fraction of sp³-hybridized carbons (Fsp3) is 0.409. The van der Waals surface area contributed by atoms with Gasteiger partial charge in [0.2, 0.25) is 0 Å². The first-order chi connectivity index (χ1) is 12.2. The van der Waals surface area contributed by atoms with Crippen LogP contribution in [0.1, 0.15) is 47.7 Å². The molecular weight excluding hydrogens is 308 g/mol. The third-order valence-electron chi connectivity index (χ3n) is 5.03. The average molecular weight is 336 g/mol. The number of hydrogen-bond donors (Lipinski definition) is 0. The van der Waals surface area contributed by atoms with Gasteiger partial charge in [-0.25, -0.2) is 0 Å². The summed E-state index contributed by atoms with van der Waals surface area (Å²) in [5.74, 6) is 0.0720. The molecule has 1 saturated heterocycles. The lowest BCUT2D eigenvalue weighted by Crippen LogP contribution is -2.29. The van der Waals surface area contributed by atoms with E-state index in [1.807, 2.05) is 31.3 Å². The van der Waals surface area contributed by atoms with Gasteiger partial charge in [-0.2, -0.15) is 0 Å². The standard InChI is InChI=1S/C22H28N2O/c1-3-18-7-11-20(12-8-18)22(25)23(2)17-19-9-13-21(14-10-19)24-15-5-4-6-16-24/h7-14H,3-6,15-17H2,1-2H3. The zero-order valence-electron chi connectivity index (χ0n) is 15.4. The van der Waals surface area contributed by atoms with E-state index in [9.17, 15) is 4.79 Å². The number of carbonyl (C=O) groups excluding carboxylic acids is 1. The molecule has 0 atom stereocenters. The van der Waals surface area contributed by atoms with Gasteiger partial charge in [-0.1, -0.05) is 31.2 Å². The van der Waals surface area contributed by atoms with E-state index in [1.54, 1.807) is 4.90 Å². The quantitative estimate of drug-likeness (QED) is 0.802. The van der Waals surface area contributed by atoms with Crippen LogP contribution in [0.4, 0.5) is 5.69 Å². The van der Waals surface area contributed by atoms with Crippen molar-refractivity contribution in [3.63, 3.8) is 0 Å². The predicted octanol–water partition coefficient (Wildman–Crippen LogP) is 4.51. The molecule has 3 heteroatoms. The summed E-state index contributed by atoms with van der Waals surface area (Å²) in [5, 5.41) is 0. The monoisotopic (exact) mass is 336 g/mol. The van der Waals surface area contributed by atoms with Crippen LogP contribution in [-0.2, 0) is 13.0 Å². The molecule has 1 heterocycles. The van der Waals surface area contributed by atoms with Crippen molar-refractivity contribution in [1.82, 2.24) is 4.90 Å². The molecule has 2 aromatic rings. The van der Waals surface area contributed by atoms with Gasteiger partial charge >= 0.3 is 0 Å². The Morgan fingerprint density at radius 3 is 2.12 bits per heavy atom. The number of aryl methyl sites for hydroxylation is 1. The molecule has 1 fully saturated rings.